The van der Waals surface area contributed by atoms with Crippen LogP contribution in [0.4, 0.5) is 0 Å². The second kappa shape index (κ2) is 7.08. The fourth-order valence-corrected chi connectivity index (χ4v) is 3.43. The molecule has 2 heterocycles. The number of carboxylic acids is 1. The van der Waals surface area contributed by atoms with Gasteiger partial charge < -0.3 is 14.7 Å². The molecule has 0 aromatic carbocycles. The summed E-state index contributed by atoms with van der Waals surface area (Å²) in [6, 6.07) is 3.19. The SMILES string of the molecule is O=C(O)c1ccc(C(=O)N(C[C@H]2CCCO2)C2CCCC2)cn1. The van der Waals surface area contributed by atoms with E-state index in [1.54, 1.807) is 6.07 Å². The van der Waals surface area contributed by atoms with Crippen LogP contribution in [0, 0.1) is 0 Å². The average molecular weight is 318 g/mol. The number of carboxylic acid groups (broad SMARTS) is 1. The number of rotatable bonds is 5. The van der Waals surface area contributed by atoms with Crippen LogP contribution in [0.15, 0.2) is 18.3 Å². The third-order valence-electron chi connectivity index (χ3n) is 4.68. The first kappa shape index (κ1) is 15.9. The molecule has 23 heavy (non-hydrogen) atoms. The quantitative estimate of drug-likeness (QED) is 0.901. The van der Waals surface area contributed by atoms with E-state index in [9.17, 15) is 9.59 Å². The van der Waals surface area contributed by atoms with Crippen molar-refractivity contribution < 1.29 is 19.4 Å². The normalized spacial score (nSPS) is 21.5. The molecule has 0 bridgehead atoms. The molecule has 0 spiro atoms. The lowest BCUT2D eigenvalue weighted by Crippen LogP contribution is -2.43. The molecule has 1 amide bonds. The number of hydrogen-bond acceptors (Lipinski definition) is 4. The smallest absolute Gasteiger partial charge is 0.354 e. The summed E-state index contributed by atoms with van der Waals surface area (Å²) in [6.45, 7) is 1.39. The Kier molecular flexibility index (Phi) is 4.91. The van der Waals surface area contributed by atoms with Gasteiger partial charge in [0.15, 0.2) is 0 Å². The van der Waals surface area contributed by atoms with Crippen LogP contribution < -0.4 is 0 Å². The molecule has 1 atom stereocenters. The maximum absolute atomic E-state index is 12.9. The fraction of sp³-hybridized carbons (Fsp3) is 0.588. The largest absolute Gasteiger partial charge is 0.477 e. The molecular formula is C17H22N2O4. The van der Waals surface area contributed by atoms with Crippen LogP contribution in [0.1, 0.15) is 59.4 Å². The monoisotopic (exact) mass is 318 g/mol. The second-order valence-electron chi connectivity index (χ2n) is 6.27. The third-order valence-corrected chi connectivity index (χ3v) is 4.68. The lowest BCUT2D eigenvalue weighted by Gasteiger charge is -2.31. The standard InChI is InChI=1S/C17H22N2O4/c20-16(12-7-8-15(17(21)22)18-10-12)19(13-4-1-2-5-13)11-14-6-3-9-23-14/h7-8,10,13-14H,1-6,9,11H2,(H,21,22)/t14-/m1/s1. The van der Waals surface area contributed by atoms with Crippen LogP contribution in [0.2, 0.25) is 0 Å². The van der Waals surface area contributed by atoms with E-state index in [4.69, 9.17) is 9.84 Å². The Bertz CT molecular complexity index is 560. The van der Waals surface area contributed by atoms with E-state index < -0.39 is 5.97 Å². The number of carbonyl (C=O) groups is 2. The van der Waals surface area contributed by atoms with Crippen molar-refractivity contribution in [1.82, 2.24) is 9.88 Å². The van der Waals surface area contributed by atoms with Gasteiger partial charge in [0.25, 0.3) is 5.91 Å². The van der Waals surface area contributed by atoms with Crippen LogP contribution in [0.3, 0.4) is 0 Å². The number of aromatic nitrogens is 1. The second-order valence-corrected chi connectivity index (χ2v) is 6.27. The molecule has 1 aliphatic heterocycles. The zero-order chi connectivity index (χ0) is 16.2. The zero-order valence-corrected chi connectivity index (χ0v) is 13.1. The molecule has 0 radical (unpaired) electrons. The number of nitrogens with zero attached hydrogens (tertiary/aromatic N) is 2. The number of pyridine rings is 1. The van der Waals surface area contributed by atoms with Gasteiger partial charge in [-0.25, -0.2) is 9.78 Å². The molecule has 3 rings (SSSR count). The first-order chi connectivity index (χ1) is 11.1. The van der Waals surface area contributed by atoms with Gasteiger partial charge in [-0.15, -0.1) is 0 Å². The lowest BCUT2D eigenvalue weighted by atomic mass is 10.1. The molecule has 2 fully saturated rings. The molecule has 6 nitrogen and oxygen atoms in total. The van der Waals surface area contributed by atoms with E-state index in [0.717, 1.165) is 45.1 Å². The summed E-state index contributed by atoms with van der Waals surface area (Å²) in [6.07, 6.45) is 7.87. The number of carbonyl (C=O) groups excluding carboxylic acids is 1. The van der Waals surface area contributed by atoms with E-state index >= 15 is 0 Å². The van der Waals surface area contributed by atoms with E-state index in [1.165, 1.54) is 12.3 Å². The first-order valence-corrected chi connectivity index (χ1v) is 8.27. The van der Waals surface area contributed by atoms with Crippen LogP contribution in [0.5, 0.6) is 0 Å². The van der Waals surface area contributed by atoms with Crippen LogP contribution >= 0.6 is 0 Å². The highest BCUT2D eigenvalue weighted by molar-refractivity contribution is 5.95. The van der Waals surface area contributed by atoms with Crippen molar-refractivity contribution in [2.24, 2.45) is 0 Å². The van der Waals surface area contributed by atoms with E-state index in [-0.39, 0.29) is 23.7 Å². The van der Waals surface area contributed by atoms with Gasteiger partial charge in [-0.05, 0) is 37.8 Å². The molecule has 1 aliphatic carbocycles. The van der Waals surface area contributed by atoms with Crippen molar-refractivity contribution in [3.05, 3.63) is 29.6 Å². The zero-order valence-electron chi connectivity index (χ0n) is 13.1. The maximum atomic E-state index is 12.9. The minimum atomic E-state index is -1.09. The highest BCUT2D eigenvalue weighted by Crippen LogP contribution is 2.26. The Morgan fingerprint density at radius 2 is 2.00 bits per heavy atom. The van der Waals surface area contributed by atoms with Crippen molar-refractivity contribution >= 4 is 11.9 Å². The summed E-state index contributed by atoms with van der Waals surface area (Å²) in [5.41, 5.74) is 0.396. The molecule has 1 aromatic rings. The topological polar surface area (TPSA) is 79.7 Å². The molecule has 6 heteroatoms. The van der Waals surface area contributed by atoms with Crippen molar-refractivity contribution in [2.45, 2.75) is 50.7 Å². The Morgan fingerprint density at radius 3 is 2.57 bits per heavy atom. The van der Waals surface area contributed by atoms with Gasteiger partial charge >= 0.3 is 5.97 Å². The van der Waals surface area contributed by atoms with Crippen molar-refractivity contribution in [3.8, 4) is 0 Å². The molecule has 1 aromatic heterocycles. The maximum Gasteiger partial charge on any atom is 0.354 e. The van der Waals surface area contributed by atoms with Gasteiger partial charge in [0.2, 0.25) is 0 Å². The summed E-state index contributed by atoms with van der Waals surface area (Å²) in [4.78, 5) is 29.5. The number of hydrogen-bond donors (Lipinski definition) is 1. The molecular weight excluding hydrogens is 296 g/mol. The lowest BCUT2D eigenvalue weighted by molar-refractivity contribution is 0.0420. The summed E-state index contributed by atoms with van der Waals surface area (Å²) < 4.78 is 5.69. The van der Waals surface area contributed by atoms with Crippen molar-refractivity contribution in [2.75, 3.05) is 13.2 Å². The summed E-state index contributed by atoms with van der Waals surface area (Å²) in [5.74, 6) is -1.16. The van der Waals surface area contributed by atoms with Crippen LogP contribution in [0.25, 0.3) is 0 Å². The molecule has 0 unspecified atom stereocenters. The minimum absolute atomic E-state index is 0.0481. The fourth-order valence-electron chi connectivity index (χ4n) is 3.43. The van der Waals surface area contributed by atoms with E-state index in [0.29, 0.717) is 12.1 Å². The Balaban J connectivity index is 1.76. The summed E-state index contributed by atoms with van der Waals surface area (Å²) in [7, 11) is 0. The van der Waals surface area contributed by atoms with Crippen LogP contribution in [-0.4, -0.2) is 52.2 Å². The third kappa shape index (κ3) is 3.69. The van der Waals surface area contributed by atoms with Gasteiger partial charge in [0.05, 0.1) is 11.7 Å². The van der Waals surface area contributed by atoms with Crippen molar-refractivity contribution in [3.63, 3.8) is 0 Å². The molecule has 124 valence electrons. The predicted octanol–water partition coefficient (Wildman–Crippen LogP) is 2.34. The van der Waals surface area contributed by atoms with Gasteiger partial charge in [-0.3, -0.25) is 4.79 Å². The van der Waals surface area contributed by atoms with Gasteiger partial charge in [0, 0.05) is 25.4 Å². The summed E-state index contributed by atoms with van der Waals surface area (Å²) >= 11 is 0. The summed E-state index contributed by atoms with van der Waals surface area (Å²) in [5, 5.41) is 8.91. The van der Waals surface area contributed by atoms with E-state index in [1.807, 2.05) is 4.90 Å². The molecule has 1 N–H and O–H groups in total. The predicted molar refractivity (Wildman–Crippen MR) is 83.5 cm³/mol. The van der Waals surface area contributed by atoms with Gasteiger partial charge in [0.1, 0.15) is 5.69 Å². The Labute approximate surface area is 135 Å². The van der Waals surface area contributed by atoms with Crippen LogP contribution in [-0.2, 0) is 4.74 Å². The highest BCUT2D eigenvalue weighted by Gasteiger charge is 2.31. The molecule has 1 saturated heterocycles. The Morgan fingerprint density at radius 1 is 1.22 bits per heavy atom. The van der Waals surface area contributed by atoms with Crippen molar-refractivity contribution in [1.29, 1.82) is 0 Å². The van der Waals surface area contributed by atoms with E-state index in [2.05, 4.69) is 4.98 Å². The highest BCUT2D eigenvalue weighted by atomic mass is 16.5. The number of amides is 1. The average Bonchev–Trinajstić information content (AvgIpc) is 3.25. The number of ether oxygens (including phenoxy) is 1. The molecule has 1 saturated carbocycles. The van der Waals surface area contributed by atoms with Gasteiger partial charge in [-0.1, -0.05) is 12.8 Å². The number of aromatic carboxylic acids is 1. The Hall–Kier alpha value is -1.95. The van der Waals surface area contributed by atoms with Gasteiger partial charge in [-0.2, -0.15) is 0 Å². The first-order valence-electron chi connectivity index (χ1n) is 8.27. The minimum Gasteiger partial charge on any atom is -0.477 e. The molecule has 2 aliphatic rings.